The first kappa shape index (κ1) is 17.4. The number of aromatic nitrogens is 1. The fourth-order valence-corrected chi connectivity index (χ4v) is 3.54. The van der Waals surface area contributed by atoms with Crippen molar-refractivity contribution in [2.75, 3.05) is 6.54 Å². The van der Waals surface area contributed by atoms with E-state index in [2.05, 4.69) is 10.3 Å². The van der Waals surface area contributed by atoms with Crippen LogP contribution in [0.2, 0.25) is 0 Å². The van der Waals surface area contributed by atoms with Gasteiger partial charge in [0, 0.05) is 25.2 Å². The lowest BCUT2D eigenvalue weighted by molar-refractivity contribution is -0.131. The van der Waals surface area contributed by atoms with Crippen molar-refractivity contribution in [3.8, 4) is 0 Å². The Labute approximate surface area is 146 Å². The Morgan fingerprint density at radius 1 is 1.28 bits per heavy atom. The number of imide groups is 1. The standard InChI is InChI=1S/C18H24N4O3/c1-13(2)19-14-7-3-6-11-21(14)15(23)8-12-22-16(24)18(20-17(22)25)9-4-5-10-18/h3,6-7,11,13H,4-5,8-10,12H2,1-2H3,(H,20,25). The van der Waals surface area contributed by atoms with Crippen molar-refractivity contribution < 1.29 is 14.4 Å². The van der Waals surface area contributed by atoms with Gasteiger partial charge in [0.1, 0.15) is 11.0 Å². The summed E-state index contributed by atoms with van der Waals surface area (Å²) in [4.78, 5) is 43.0. The minimum atomic E-state index is -0.724. The predicted octanol–water partition coefficient (Wildman–Crippen LogP) is 1.69. The number of hydrogen-bond donors (Lipinski definition) is 1. The molecule has 25 heavy (non-hydrogen) atoms. The largest absolute Gasteiger partial charge is 0.325 e. The van der Waals surface area contributed by atoms with Crippen molar-refractivity contribution in [2.24, 2.45) is 4.99 Å². The summed E-state index contributed by atoms with van der Waals surface area (Å²) in [5, 5.41) is 2.83. The second-order valence-electron chi connectivity index (χ2n) is 6.97. The van der Waals surface area contributed by atoms with Crippen LogP contribution in [0, 0.1) is 0 Å². The van der Waals surface area contributed by atoms with Gasteiger partial charge in [0.25, 0.3) is 5.91 Å². The van der Waals surface area contributed by atoms with Gasteiger partial charge in [0.15, 0.2) is 0 Å². The molecule has 1 spiro atoms. The molecule has 2 fully saturated rings. The molecule has 1 aliphatic heterocycles. The van der Waals surface area contributed by atoms with Crippen molar-refractivity contribution in [3.05, 3.63) is 29.9 Å². The minimum Gasteiger partial charge on any atom is -0.323 e. The molecule has 1 aliphatic carbocycles. The quantitative estimate of drug-likeness (QED) is 0.844. The van der Waals surface area contributed by atoms with Crippen LogP contribution < -0.4 is 10.8 Å². The molecule has 7 nitrogen and oxygen atoms in total. The zero-order valence-corrected chi connectivity index (χ0v) is 14.7. The van der Waals surface area contributed by atoms with E-state index >= 15 is 0 Å². The molecule has 0 atom stereocenters. The zero-order valence-electron chi connectivity index (χ0n) is 14.7. The summed E-state index contributed by atoms with van der Waals surface area (Å²) >= 11 is 0. The topological polar surface area (TPSA) is 83.8 Å². The lowest BCUT2D eigenvalue weighted by atomic mass is 9.98. The SMILES string of the molecule is CC(C)N=c1ccccn1C(=O)CCN1C(=O)NC2(CCCC2)C1=O. The Balaban J connectivity index is 1.71. The first-order chi connectivity index (χ1) is 11.9. The van der Waals surface area contributed by atoms with E-state index in [1.54, 1.807) is 18.3 Å². The van der Waals surface area contributed by atoms with Crippen molar-refractivity contribution >= 4 is 17.8 Å². The molecule has 0 bridgehead atoms. The van der Waals surface area contributed by atoms with Gasteiger partial charge in [-0.15, -0.1) is 0 Å². The number of nitrogens with one attached hydrogen (secondary N) is 1. The summed E-state index contributed by atoms with van der Waals surface area (Å²) in [6, 6.07) is 5.05. The van der Waals surface area contributed by atoms with Gasteiger partial charge in [-0.1, -0.05) is 18.9 Å². The second-order valence-corrected chi connectivity index (χ2v) is 6.97. The van der Waals surface area contributed by atoms with Crippen LogP contribution in [-0.4, -0.2) is 45.4 Å². The van der Waals surface area contributed by atoms with Gasteiger partial charge in [-0.3, -0.25) is 24.0 Å². The maximum atomic E-state index is 12.6. The van der Waals surface area contributed by atoms with E-state index in [4.69, 9.17) is 0 Å². The number of carbonyl (C=O) groups is 3. The van der Waals surface area contributed by atoms with Gasteiger partial charge in [0.2, 0.25) is 5.91 Å². The Hall–Kier alpha value is -2.44. The average Bonchev–Trinajstić information content (AvgIpc) is 3.12. The number of amides is 3. The van der Waals surface area contributed by atoms with Gasteiger partial charge < -0.3 is 5.32 Å². The van der Waals surface area contributed by atoms with Crippen LogP contribution in [0.1, 0.15) is 50.7 Å². The van der Waals surface area contributed by atoms with Gasteiger partial charge in [-0.2, -0.15) is 0 Å². The minimum absolute atomic E-state index is 0.0645. The molecule has 1 aromatic heterocycles. The molecule has 0 aromatic carbocycles. The molecule has 2 heterocycles. The molecule has 1 saturated carbocycles. The molecule has 1 N–H and O–H groups in total. The van der Waals surface area contributed by atoms with E-state index in [-0.39, 0.29) is 36.9 Å². The van der Waals surface area contributed by atoms with E-state index < -0.39 is 5.54 Å². The highest BCUT2D eigenvalue weighted by Crippen LogP contribution is 2.34. The van der Waals surface area contributed by atoms with Crippen molar-refractivity contribution in [3.63, 3.8) is 0 Å². The normalized spacial score (nSPS) is 20.0. The third-order valence-electron chi connectivity index (χ3n) is 4.75. The van der Waals surface area contributed by atoms with Crippen LogP contribution in [0.5, 0.6) is 0 Å². The molecule has 1 saturated heterocycles. The fraction of sp³-hybridized carbons (Fsp3) is 0.556. The summed E-state index contributed by atoms with van der Waals surface area (Å²) in [6.07, 6.45) is 5.00. The number of carbonyl (C=O) groups excluding carboxylic acids is 3. The summed E-state index contributed by atoms with van der Waals surface area (Å²) < 4.78 is 1.48. The first-order valence-electron chi connectivity index (χ1n) is 8.82. The fourth-order valence-electron chi connectivity index (χ4n) is 3.54. The van der Waals surface area contributed by atoms with Crippen LogP contribution >= 0.6 is 0 Å². The van der Waals surface area contributed by atoms with Crippen molar-refractivity contribution in [1.82, 2.24) is 14.8 Å². The number of pyridine rings is 1. The van der Waals surface area contributed by atoms with Crippen LogP contribution in [0.15, 0.2) is 29.4 Å². The molecule has 3 amide bonds. The van der Waals surface area contributed by atoms with Gasteiger partial charge in [-0.25, -0.2) is 4.79 Å². The van der Waals surface area contributed by atoms with E-state index in [1.165, 1.54) is 9.47 Å². The number of hydrogen-bond acceptors (Lipinski definition) is 4. The smallest absolute Gasteiger partial charge is 0.323 e. The highest BCUT2D eigenvalue weighted by atomic mass is 16.2. The third-order valence-corrected chi connectivity index (χ3v) is 4.75. The van der Waals surface area contributed by atoms with Gasteiger partial charge in [0.05, 0.1) is 0 Å². The maximum Gasteiger partial charge on any atom is 0.325 e. The zero-order chi connectivity index (χ0) is 18.0. The van der Waals surface area contributed by atoms with Crippen molar-refractivity contribution in [2.45, 2.75) is 57.5 Å². The molecule has 7 heteroatoms. The molecule has 0 radical (unpaired) electrons. The van der Waals surface area contributed by atoms with Crippen LogP contribution in [-0.2, 0) is 4.79 Å². The molecular formula is C18H24N4O3. The Morgan fingerprint density at radius 2 is 2.00 bits per heavy atom. The molecule has 134 valence electrons. The summed E-state index contributed by atoms with van der Waals surface area (Å²) in [5.41, 5.74) is -0.148. The Morgan fingerprint density at radius 3 is 2.68 bits per heavy atom. The lowest BCUT2D eigenvalue weighted by Crippen LogP contribution is -2.44. The second kappa shape index (κ2) is 6.82. The van der Waals surface area contributed by atoms with Crippen molar-refractivity contribution in [1.29, 1.82) is 0 Å². The number of rotatable bonds is 4. The molecule has 1 aromatic rings. The summed E-state index contributed by atoms with van der Waals surface area (Å²) in [6.45, 7) is 3.97. The monoisotopic (exact) mass is 344 g/mol. The number of urea groups is 1. The van der Waals surface area contributed by atoms with Crippen LogP contribution in [0.25, 0.3) is 0 Å². The Bertz CT molecular complexity index is 760. The van der Waals surface area contributed by atoms with E-state index in [1.807, 2.05) is 19.9 Å². The number of nitrogens with zero attached hydrogens (tertiary/aromatic N) is 3. The van der Waals surface area contributed by atoms with Gasteiger partial charge in [-0.05, 0) is 38.8 Å². The highest BCUT2D eigenvalue weighted by molar-refractivity contribution is 6.07. The Kier molecular flexibility index (Phi) is 4.74. The average molecular weight is 344 g/mol. The van der Waals surface area contributed by atoms with E-state index in [9.17, 15) is 14.4 Å². The van der Waals surface area contributed by atoms with Crippen LogP contribution in [0.3, 0.4) is 0 Å². The third kappa shape index (κ3) is 3.36. The first-order valence-corrected chi connectivity index (χ1v) is 8.82. The summed E-state index contributed by atoms with van der Waals surface area (Å²) in [5.74, 6) is -0.374. The van der Waals surface area contributed by atoms with E-state index in [0.717, 1.165) is 12.8 Å². The molecule has 3 rings (SSSR count). The predicted molar refractivity (Wildman–Crippen MR) is 91.8 cm³/mol. The summed E-state index contributed by atoms with van der Waals surface area (Å²) in [7, 11) is 0. The molecular weight excluding hydrogens is 320 g/mol. The van der Waals surface area contributed by atoms with E-state index in [0.29, 0.717) is 18.3 Å². The maximum absolute atomic E-state index is 12.6. The molecule has 0 unspecified atom stereocenters. The van der Waals surface area contributed by atoms with Gasteiger partial charge >= 0.3 is 6.03 Å². The lowest BCUT2D eigenvalue weighted by Gasteiger charge is -2.20. The molecule has 2 aliphatic rings. The highest BCUT2D eigenvalue weighted by Gasteiger charge is 2.52. The van der Waals surface area contributed by atoms with Crippen LogP contribution in [0.4, 0.5) is 4.79 Å².